The van der Waals surface area contributed by atoms with E-state index < -0.39 is 42.7 Å². The lowest BCUT2D eigenvalue weighted by Crippen LogP contribution is -2.59. The van der Waals surface area contributed by atoms with Gasteiger partial charge in [-0.2, -0.15) is 0 Å². The van der Waals surface area contributed by atoms with E-state index in [0.717, 1.165) is 4.90 Å². The number of aromatic nitrogens is 3. The summed E-state index contributed by atoms with van der Waals surface area (Å²) in [5.74, 6) is -3.07. The van der Waals surface area contributed by atoms with E-state index in [1.165, 1.54) is 40.0 Å². The van der Waals surface area contributed by atoms with E-state index in [0.29, 0.717) is 10.7 Å². The number of rotatable bonds is 6. The number of hydrogen-bond donors (Lipinski definition) is 1. The van der Waals surface area contributed by atoms with Gasteiger partial charge >= 0.3 is 5.97 Å². The number of nitrogens with zero attached hydrogens (tertiary/aromatic N) is 5. The first kappa shape index (κ1) is 22.7. The zero-order valence-electron chi connectivity index (χ0n) is 16.9. The average molecular weight is 492 g/mol. The molecule has 4 rings (SSSR count). The van der Waals surface area contributed by atoms with Crippen LogP contribution in [-0.4, -0.2) is 61.9 Å². The molecule has 1 fully saturated rings. The molecule has 1 aliphatic heterocycles. The van der Waals surface area contributed by atoms with E-state index in [1.54, 1.807) is 18.2 Å². The van der Waals surface area contributed by atoms with Gasteiger partial charge in [-0.3, -0.25) is 14.5 Å². The monoisotopic (exact) mass is 491 g/mol. The van der Waals surface area contributed by atoms with Crippen molar-refractivity contribution < 1.29 is 23.9 Å². The number of amides is 2. The molecule has 170 valence electrons. The predicted octanol–water partition coefficient (Wildman–Crippen LogP) is 2.58. The van der Waals surface area contributed by atoms with Gasteiger partial charge in [0.2, 0.25) is 11.8 Å². The number of carboxylic acids is 1. The lowest BCUT2D eigenvalue weighted by Gasteiger charge is -2.37. The molecule has 2 amide bonds. The van der Waals surface area contributed by atoms with Gasteiger partial charge < -0.3 is 10.0 Å². The van der Waals surface area contributed by atoms with Crippen molar-refractivity contribution in [3.05, 3.63) is 70.2 Å². The number of carboxylic acid groups (broad SMARTS) is 1. The van der Waals surface area contributed by atoms with Crippen LogP contribution in [0.4, 0.5) is 10.1 Å². The van der Waals surface area contributed by atoms with E-state index in [9.17, 15) is 23.9 Å². The van der Waals surface area contributed by atoms with Crippen LogP contribution in [-0.2, 0) is 20.8 Å². The fourth-order valence-electron chi connectivity index (χ4n) is 3.61. The van der Waals surface area contributed by atoms with E-state index in [4.69, 9.17) is 23.2 Å². The summed E-state index contributed by atoms with van der Waals surface area (Å²) in [6, 6.07) is 8.94. The molecular weight excluding hydrogens is 476 g/mol. The van der Waals surface area contributed by atoms with Gasteiger partial charge in [0.15, 0.2) is 5.15 Å². The Bertz CT molecular complexity index is 1250. The second kappa shape index (κ2) is 9.16. The van der Waals surface area contributed by atoms with Gasteiger partial charge in [-0.15, -0.1) is 5.10 Å². The molecule has 33 heavy (non-hydrogen) atoms. The van der Waals surface area contributed by atoms with Crippen LogP contribution < -0.4 is 4.90 Å². The second-order valence-electron chi connectivity index (χ2n) is 7.27. The van der Waals surface area contributed by atoms with Gasteiger partial charge in [0.25, 0.3) is 0 Å². The molecule has 0 spiro atoms. The molecule has 9 nitrogen and oxygen atoms in total. The van der Waals surface area contributed by atoms with Crippen molar-refractivity contribution in [1.82, 2.24) is 19.9 Å². The lowest BCUT2D eigenvalue weighted by atomic mass is 10.0. The molecule has 1 atom stereocenters. The standard InChI is InChI=1S/C21H16Cl2FN5O4/c22-13-5-6-15(29-9-18(23)25-26-29)16(8-13)27-10-20(31)28(11-19(27)30)17(21(32)33)7-12-3-1-2-4-14(12)24/h1-6,8-9,17H,7,10-11H2,(H,32,33). The van der Waals surface area contributed by atoms with E-state index in [2.05, 4.69) is 10.3 Å². The number of aliphatic carboxylic acids is 1. The van der Waals surface area contributed by atoms with Gasteiger partial charge in [-0.1, -0.05) is 46.6 Å². The van der Waals surface area contributed by atoms with Gasteiger partial charge in [-0.05, 0) is 29.8 Å². The molecule has 3 aromatic rings. The van der Waals surface area contributed by atoms with Crippen molar-refractivity contribution in [1.29, 1.82) is 0 Å². The summed E-state index contributed by atoms with van der Waals surface area (Å²) < 4.78 is 15.4. The van der Waals surface area contributed by atoms with Gasteiger partial charge in [0.1, 0.15) is 24.9 Å². The number of carbonyl (C=O) groups is 3. The zero-order valence-corrected chi connectivity index (χ0v) is 18.4. The number of hydrogen-bond acceptors (Lipinski definition) is 5. The van der Waals surface area contributed by atoms with Crippen LogP contribution in [0.5, 0.6) is 0 Å². The molecule has 12 heteroatoms. The van der Waals surface area contributed by atoms with Crippen LogP contribution in [0.3, 0.4) is 0 Å². The number of benzene rings is 2. The molecule has 1 unspecified atom stereocenters. The number of halogens is 3. The maximum atomic E-state index is 14.1. The first-order valence-corrected chi connectivity index (χ1v) is 10.4. The Morgan fingerprint density at radius 3 is 2.52 bits per heavy atom. The fourth-order valence-corrected chi connectivity index (χ4v) is 3.90. The molecule has 0 saturated carbocycles. The lowest BCUT2D eigenvalue weighted by molar-refractivity contribution is -0.152. The Hall–Kier alpha value is -3.50. The Morgan fingerprint density at radius 2 is 1.85 bits per heavy atom. The molecule has 2 aromatic carbocycles. The minimum atomic E-state index is -1.41. The number of anilines is 1. The summed E-state index contributed by atoms with van der Waals surface area (Å²) in [5, 5.41) is 17.7. The molecular formula is C21H16Cl2FN5O4. The Kier molecular flexibility index (Phi) is 6.30. The largest absolute Gasteiger partial charge is 0.480 e. The van der Waals surface area contributed by atoms with Crippen molar-refractivity contribution in [2.45, 2.75) is 12.5 Å². The third kappa shape index (κ3) is 4.67. The van der Waals surface area contributed by atoms with Crippen LogP contribution in [0.15, 0.2) is 48.7 Å². The van der Waals surface area contributed by atoms with E-state index in [-0.39, 0.29) is 22.8 Å². The molecule has 2 heterocycles. The number of carbonyl (C=O) groups excluding carboxylic acids is 2. The minimum Gasteiger partial charge on any atom is -0.480 e. The Morgan fingerprint density at radius 1 is 1.09 bits per heavy atom. The summed E-state index contributed by atoms with van der Waals surface area (Å²) in [6.45, 7) is -0.941. The topological polar surface area (TPSA) is 109 Å². The molecule has 0 bridgehead atoms. The van der Waals surface area contributed by atoms with Gasteiger partial charge in [-0.25, -0.2) is 13.9 Å². The summed E-state index contributed by atoms with van der Waals surface area (Å²) in [5.41, 5.74) is 0.811. The molecule has 1 N–H and O–H groups in total. The smallest absolute Gasteiger partial charge is 0.326 e. The molecule has 1 aromatic heterocycles. The van der Waals surface area contributed by atoms with Crippen molar-refractivity contribution >= 4 is 46.7 Å². The van der Waals surface area contributed by atoms with Crippen molar-refractivity contribution in [3.63, 3.8) is 0 Å². The SMILES string of the molecule is O=C(O)C(Cc1ccccc1F)N1CC(=O)N(c2cc(Cl)ccc2-n2cc(Cl)nn2)CC1=O. The zero-order chi connectivity index (χ0) is 23.7. The summed E-state index contributed by atoms with van der Waals surface area (Å²) in [7, 11) is 0. The van der Waals surface area contributed by atoms with Gasteiger partial charge in [0.05, 0.1) is 17.6 Å². The van der Waals surface area contributed by atoms with Crippen LogP contribution in [0, 0.1) is 5.82 Å². The van der Waals surface area contributed by atoms with Crippen LogP contribution in [0.2, 0.25) is 10.2 Å². The van der Waals surface area contributed by atoms with E-state index in [1.807, 2.05) is 0 Å². The Labute approximate surface area is 196 Å². The first-order chi connectivity index (χ1) is 15.7. The fraction of sp³-hybridized carbons (Fsp3) is 0.190. The summed E-state index contributed by atoms with van der Waals surface area (Å²) in [6.07, 6.45) is 1.15. The maximum Gasteiger partial charge on any atom is 0.326 e. The minimum absolute atomic E-state index is 0.126. The third-order valence-corrected chi connectivity index (χ3v) is 5.60. The summed E-state index contributed by atoms with van der Waals surface area (Å²) in [4.78, 5) is 40.1. The molecule has 0 aliphatic carbocycles. The first-order valence-electron chi connectivity index (χ1n) is 9.68. The molecule has 0 radical (unpaired) electrons. The van der Waals surface area contributed by atoms with Crippen molar-refractivity contribution in [2.24, 2.45) is 0 Å². The van der Waals surface area contributed by atoms with Crippen molar-refractivity contribution in [3.8, 4) is 5.69 Å². The highest BCUT2D eigenvalue weighted by Gasteiger charge is 2.39. The normalized spacial score (nSPS) is 15.1. The highest BCUT2D eigenvalue weighted by Crippen LogP contribution is 2.30. The quantitative estimate of drug-likeness (QED) is 0.567. The highest BCUT2D eigenvalue weighted by molar-refractivity contribution is 6.31. The molecule has 1 saturated heterocycles. The van der Waals surface area contributed by atoms with E-state index >= 15 is 0 Å². The highest BCUT2D eigenvalue weighted by atomic mass is 35.5. The van der Waals surface area contributed by atoms with Crippen LogP contribution >= 0.6 is 23.2 Å². The third-order valence-electron chi connectivity index (χ3n) is 5.19. The van der Waals surface area contributed by atoms with Crippen LogP contribution in [0.25, 0.3) is 5.69 Å². The Balaban J connectivity index is 1.63. The maximum absolute atomic E-state index is 14.1. The second-order valence-corrected chi connectivity index (χ2v) is 8.09. The van der Waals surface area contributed by atoms with Crippen molar-refractivity contribution in [2.75, 3.05) is 18.0 Å². The summed E-state index contributed by atoms with van der Waals surface area (Å²) >= 11 is 12.0. The average Bonchev–Trinajstić information content (AvgIpc) is 3.20. The molecule has 1 aliphatic rings. The number of piperazine rings is 1. The predicted molar refractivity (Wildman–Crippen MR) is 117 cm³/mol. The van der Waals surface area contributed by atoms with Crippen LogP contribution in [0.1, 0.15) is 5.56 Å². The van der Waals surface area contributed by atoms with Gasteiger partial charge in [0, 0.05) is 11.4 Å².